The maximum absolute atomic E-state index is 2.50. The highest BCUT2D eigenvalue weighted by atomic mass is 15.1. The zero-order chi connectivity index (χ0) is 37.9. The predicted octanol–water partition coefficient (Wildman–Crippen LogP) is 15.8. The lowest BCUT2D eigenvalue weighted by molar-refractivity contribution is 0.446. The van der Waals surface area contributed by atoms with Crippen LogP contribution in [0.1, 0.15) is 38.3 Å². The zero-order valence-electron chi connectivity index (χ0n) is 32.7. The minimum atomic E-state index is 0.135. The summed E-state index contributed by atoms with van der Waals surface area (Å²) in [5, 5.41) is 16.0. The first kappa shape index (κ1) is 32.9. The van der Waals surface area contributed by atoms with Crippen LogP contribution in [0.2, 0.25) is 0 Å². The van der Waals surface area contributed by atoms with Gasteiger partial charge in [0.05, 0.1) is 5.69 Å². The molecule has 0 aromatic heterocycles. The molecule has 0 atom stereocenters. The highest BCUT2D eigenvalue weighted by Gasteiger charge is 2.30. The standard InChI is InChI=1S/C55H43N/c1-33-22-25-38(26-23-33)56(39-30-31-55(4,5)35(3)32-39)46-29-28-45-50-41(46)19-13-21-43(50)52-48(37-16-10-7-11-17-37)53-44-27-24-34(2)40-18-12-20-42(49(40)44)51(53)47(54(45)52)36-14-8-6-9-15-36/h6-30,32H,31H2,1-5H3. The summed E-state index contributed by atoms with van der Waals surface area (Å²) >= 11 is 0. The summed E-state index contributed by atoms with van der Waals surface area (Å²) in [5.74, 6) is 0. The van der Waals surface area contributed by atoms with Gasteiger partial charge < -0.3 is 4.90 Å². The highest BCUT2D eigenvalue weighted by molar-refractivity contribution is 6.47. The Morgan fingerprint density at radius 1 is 0.446 bits per heavy atom. The van der Waals surface area contributed by atoms with Crippen LogP contribution < -0.4 is 4.90 Å². The quantitative estimate of drug-likeness (QED) is 0.171. The molecule has 56 heavy (non-hydrogen) atoms. The van der Waals surface area contributed by atoms with Crippen LogP contribution in [0, 0.1) is 19.3 Å². The topological polar surface area (TPSA) is 3.24 Å². The van der Waals surface area contributed by atoms with Crippen molar-refractivity contribution in [1.82, 2.24) is 0 Å². The van der Waals surface area contributed by atoms with Crippen molar-refractivity contribution in [2.75, 3.05) is 4.90 Å². The average Bonchev–Trinajstić information content (AvgIpc) is 3.73. The Morgan fingerprint density at radius 2 is 0.946 bits per heavy atom. The van der Waals surface area contributed by atoms with Crippen LogP contribution in [0.3, 0.4) is 0 Å². The fourth-order valence-electron chi connectivity index (χ4n) is 9.86. The lowest BCUT2D eigenvalue weighted by atomic mass is 9.78. The number of hydrogen-bond donors (Lipinski definition) is 0. The highest BCUT2D eigenvalue weighted by Crippen LogP contribution is 2.56. The predicted molar refractivity (Wildman–Crippen MR) is 243 cm³/mol. The Balaban J connectivity index is 1.35. The van der Waals surface area contributed by atoms with Crippen LogP contribution in [-0.4, -0.2) is 0 Å². The smallest absolute Gasteiger partial charge is 0.0540 e. The summed E-state index contributed by atoms with van der Waals surface area (Å²) in [7, 11) is 0. The molecule has 1 nitrogen and oxygen atoms in total. The molecule has 0 fully saturated rings. The van der Waals surface area contributed by atoms with E-state index >= 15 is 0 Å². The normalized spacial score (nSPS) is 14.4. The molecular weight excluding hydrogens is 675 g/mol. The van der Waals surface area contributed by atoms with Gasteiger partial charge in [0.1, 0.15) is 0 Å². The average molecular weight is 718 g/mol. The first-order valence-corrected chi connectivity index (χ1v) is 20.0. The summed E-state index contributed by atoms with van der Waals surface area (Å²) < 4.78 is 0. The van der Waals surface area contributed by atoms with E-state index in [4.69, 9.17) is 0 Å². The molecule has 0 saturated carbocycles. The first-order valence-electron chi connectivity index (χ1n) is 20.0. The molecule has 0 unspecified atom stereocenters. The first-order chi connectivity index (χ1) is 27.3. The summed E-state index contributed by atoms with van der Waals surface area (Å²) in [6, 6.07) is 54.8. The Morgan fingerprint density at radius 3 is 1.52 bits per heavy atom. The van der Waals surface area contributed by atoms with Crippen molar-refractivity contribution in [3.63, 3.8) is 0 Å². The van der Waals surface area contributed by atoms with E-state index in [2.05, 4.69) is 197 Å². The summed E-state index contributed by atoms with van der Waals surface area (Å²) in [4.78, 5) is 2.50. The molecule has 11 rings (SSSR count). The molecule has 0 amide bonds. The number of aryl methyl sites for hydroxylation is 2. The van der Waals surface area contributed by atoms with E-state index in [1.807, 2.05) is 0 Å². The Bertz CT molecular complexity index is 3140. The van der Waals surface area contributed by atoms with Crippen LogP contribution in [0.25, 0.3) is 86.9 Å². The van der Waals surface area contributed by atoms with Gasteiger partial charge in [0.25, 0.3) is 0 Å². The van der Waals surface area contributed by atoms with E-state index in [1.54, 1.807) is 0 Å². The van der Waals surface area contributed by atoms with Gasteiger partial charge in [-0.15, -0.1) is 0 Å². The van der Waals surface area contributed by atoms with E-state index in [0.29, 0.717) is 0 Å². The van der Waals surface area contributed by atoms with Gasteiger partial charge in [0.15, 0.2) is 0 Å². The van der Waals surface area contributed by atoms with Gasteiger partial charge in [-0.05, 0) is 144 Å². The van der Waals surface area contributed by atoms with Crippen molar-refractivity contribution in [3.8, 4) is 22.3 Å². The second-order valence-electron chi connectivity index (χ2n) is 16.7. The van der Waals surface area contributed by atoms with Crippen LogP contribution in [0.4, 0.5) is 11.4 Å². The van der Waals surface area contributed by atoms with Crippen molar-refractivity contribution in [2.45, 2.75) is 41.0 Å². The van der Waals surface area contributed by atoms with Crippen LogP contribution in [0.5, 0.6) is 0 Å². The van der Waals surface area contributed by atoms with Gasteiger partial charge in [0, 0.05) is 16.8 Å². The molecule has 0 spiro atoms. The molecule has 0 N–H and O–H groups in total. The number of allylic oxidation sites excluding steroid dienone is 3. The third-order valence-electron chi connectivity index (χ3n) is 13.0. The minimum absolute atomic E-state index is 0.135. The summed E-state index contributed by atoms with van der Waals surface area (Å²) in [6.07, 6.45) is 5.85. The number of rotatable bonds is 5. The number of nitrogens with zero attached hydrogens (tertiary/aromatic N) is 1. The maximum Gasteiger partial charge on any atom is 0.0540 e. The molecule has 0 radical (unpaired) electrons. The molecule has 0 bridgehead atoms. The zero-order valence-corrected chi connectivity index (χ0v) is 32.7. The van der Waals surface area contributed by atoms with Crippen molar-refractivity contribution >= 4 is 76.0 Å². The number of benzene rings is 8. The van der Waals surface area contributed by atoms with Crippen molar-refractivity contribution in [2.24, 2.45) is 5.41 Å². The van der Waals surface area contributed by atoms with Crippen molar-refractivity contribution < 1.29 is 0 Å². The van der Waals surface area contributed by atoms with E-state index < -0.39 is 0 Å². The van der Waals surface area contributed by atoms with E-state index in [9.17, 15) is 0 Å². The SMILES string of the molecule is CC1=CC(N(c2ccc(C)cc2)c2ccc3c4c(-c5ccccc5)c5c6cccc7c(C)ccc(c5c(-c5ccccc5)c4c4cccc2c43)c76)=CCC1(C)C. The second kappa shape index (κ2) is 12.0. The molecule has 10 aromatic rings. The third-order valence-corrected chi connectivity index (χ3v) is 13.0. The van der Waals surface area contributed by atoms with Crippen LogP contribution in [0.15, 0.2) is 169 Å². The monoisotopic (exact) mass is 717 g/mol. The Labute approximate surface area is 328 Å². The fraction of sp³-hybridized carbons (Fsp3) is 0.127. The largest absolute Gasteiger partial charge is 0.310 e. The van der Waals surface area contributed by atoms with E-state index in [0.717, 1.165) is 6.42 Å². The molecule has 0 aliphatic heterocycles. The van der Waals surface area contributed by atoms with Gasteiger partial charge in [-0.1, -0.05) is 158 Å². The fourth-order valence-corrected chi connectivity index (χ4v) is 9.86. The molecule has 1 heteroatoms. The molecule has 1 aliphatic carbocycles. The molecular formula is C55H43N. The van der Waals surface area contributed by atoms with Crippen molar-refractivity contribution in [3.05, 3.63) is 180 Å². The lowest BCUT2D eigenvalue weighted by Gasteiger charge is -2.34. The minimum Gasteiger partial charge on any atom is -0.310 e. The van der Waals surface area contributed by atoms with Crippen LogP contribution >= 0.6 is 0 Å². The van der Waals surface area contributed by atoms with Gasteiger partial charge in [-0.2, -0.15) is 0 Å². The molecule has 268 valence electrons. The number of fused-ring (bicyclic) bond motifs is 6. The Kier molecular flexibility index (Phi) is 7.08. The molecule has 1 aliphatic rings. The third kappa shape index (κ3) is 4.61. The second-order valence-corrected chi connectivity index (χ2v) is 16.7. The Hall–Kier alpha value is -6.44. The van der Waals surface area contributed by atoms with E-state index in [-0.39, 0.29) is 5.41 Å². The van der Waals surface area contributed by atoms with Gasteiger partial charge in [-0.25, -0.2) is 0 Å². The van der Waals surface area contributed by atoms with Crippen LogP contribution in [-0.2, 0) is 0 Å². The summed E-state index contributed by atoms with van der Waals surface area (Å²) in [6.45, 7) is 11.4. The molecule has 10 aromatic carbocycles. The van der Waals surface area contributed by atoms with Gasteiger partial charge in [0.2, 0.25) is 0 Å². The van der Waals surface area contributed by atoms with Crippen molar-refractivity contribution in [1.29, 1.82) is 0 Å². The summed E-state index contributed by atoms with van der Waals surface area (Å²) in [5.41, 5.74) is 12.9. The number of anilines is 2. The maximum atomic E-state index is 2.50. The lowest BCUT2D eigenvalue weighted by Crippen LogP contribution is -2.22. The van der Waals surface area contributed by atoms with Gasteiger partial charge in [-0.3, -0.25) is 0 Å². The number of hydrogen-bond acceptors (Lipinski definition) is 1. The van der Waals surface area contributed by atoms with E-state index in [1.165, 1.54) is 121 Å². The molecule has 0 heterocycles. The molecule has 0 saturated heterocycles. The van der Waals surface area contributed by atoms with Gasteiger partial charge >= 0.3 is 0 Å².